The minimum Gasteiger partial charge on any atom is -0.545 e. The van der Waals surface area contributed by atoms with Crippen molar-refractivity contribution in [2.45, 2.75) is 20.8 Å². The molecule has 3 aromatic rings. The first-order chi connectivity index (χ1) is 16.6. The zero-order chi connectivity index (χ0) is 25.3. The van der Waals surface area contributed by atoms with E-state index in [0.717, 1.165) is 16.0 Å². The Kier molecular flexibility index (Phi) is 6.61. The summed E-state index contributed by atoms with van der Waals surface area (Å²) < 4.78 is 5.78. The number of benzene rings is 2. The predicted molar refractivity (Wildman–Crippen MR) is 130 cm³/mol. The topological polar surface area (TPSA) is 120 Å². The van der Waals surface area contributed by atoms with Gasteiger partial charge in [-0.15, -0.1) is 0 Å². The van der Waals surface area contributed by atoms with E-state index in [9.17, 15) is 24.3 Å². The molecule has 0 radical (unpaired) electrons. The van der Waals surface area contributed by atoms with E-state index in [1.807, 2.05) is 26.0 Å². The number of hydrogen-bond donors (Lipinski definition) is 1. The van der Waals surface area contributed by atoms with Crippen LogP contribution < -0.4 is 10.4 Å². The van der Waals surface area contributed by atoms with Gasteiger partial charge < -0.3 is 19.6 Å². The normalized spacial score (nSPS) is 14.6. The number of imide groups is 1. The Labute approximate surface area is 205 Å². The molecule has 0 spiro atoms. The predicted octanol–water partition coefficient (Wildman–Crippen LogP) is 3.91. The Morgan fingerprint density at radius 2 is 1.83 bits per heavy atom. The van der Waals surface area contributed by atoms with Crippen LogP contribution in [0.25, 0.3) is 17.4 Å². The summed E-state index contributed by atoms with van der Waals surface area (Å²) >= 11 is 0.716. The van der Waals surface area contributed by atoms with E-state index in [2.05, 4.69) is 5.32 Å². The highest BCUT2D eigenvalue weighted by Crippen LogP contribution is 2.34. The number of anilines is 1. The van der Waals surface area contributed by atoms with Crippen molar-refractivity contribution >= 4 is 46.5 Å². The third-order valence-corrected chi connectivity index (χ3v) is 6.59. The standard InChI is InChI=1S/C26H22N2O6S/c1-14-7-8-17(11-15(14)2)27-23(29)13-28-24(30)22(35-26(28)33)12-18-9-10-21(34-18)19-5-4-6-20(16(19)3)25(31)32/h4-12H,13H2,1-3H3,(H,27,29)(H,31,32)/p-1/b22-12+. The fourth-order valence-electron chi connectivity index (χ4n) is 3.63. The van der Waals surface area contributed by atoms with Gasteiger partial charge in [0.25, 0.3) is 11.1 Å². The minimum atomic E-state index is -1.29. The third kappa shape index (κ3) is 5.04. The highest BCUT2D eigenvalue weighted by Gasteiger charge is 2.36. The highest BCUT2D eigenvalue weighted by molar-refractivity contribution is 8.18. The van der Waals surface area contributed by atoms with E-state index in [1.54, 1.807) is 37.3 Å². The average Bonchev–Trinajstić information content (AvgIpc) is 3.36. The van der Waals surface area contributed by atoms with Crippen molar-refractivity contribution in [3.05, 3.63) is 81.5 Å². The molecule has 4 rings (SSSR count). The zero-order valence-corrected chi connectivity index (χ0v) is 20.0. The number of thioether (sulfide) groups is 1. The Balaban J connectivity index is 1.48. The molecule has 9 heteroatoms. The maximum Gasteiger partial charge on any atom is 0.294 e. The van der Waals surface area contributed by atoms with Gasteiger partial charge in [-0.2, -0.15) is 0 Å². The van der Waals surface area contributed by atoms with Crippen LogP contribution in [0.4, 0.5) is 10.5 Å². The first-order valence-electron chi connectivity index (χ1n) is 10.7. The second kappa shape index (κ2) is 9.63. The van der Waals surface area contributed by atoms with Gasteiger partial charge in [0.1, 0.15) is 18.1 Å². The van der Waals surface area contributed by atoms with E-state index in [4.69, 9.17) is 4.42 Å². The molecule has 0 saturated carbocycles. The van der Waals surface area contributed by atoms with Gasteiger partial charge in [-0.25, -0.2) is 0 Å². The summed E-state index contributed by atoms with van der Waals surface area (Å²) in [7, 11) is 0. The SMILES string of the molecule is Cc1ccc(NC(=O)CN2C(=O)S/C(=C/c3ccc(-c4cccc(C(=O)[O-])c4C)o3)C2=O)cc1C. The van der Waals surface area contributed by atoms with Crippen LogP contribution in [0.1, 0.15) is 32.8 Å². The number of carbonyl (C=O) groups is 4. The molecule has 178 valence electrons. The van der Waals surface area contributed by atoms with Gasteiger partial charge in [0.05, 0.1) is 10.9 Å². The molecule has 1 aliphatic heterocycles. The summed E-state index contributed by atoms with van der Waals surface area (Å²) in [6, 6.07) is 13.5. The van der Waals surface area contributed by atoms with Crippen LogP contribution in [0.5, 0.6) is 0 Å². The van der Waals surface area contributed by atoms with E-state index >= 15 is 0 Å². The lowest BCUT2D eigenvalue weighted by atomic mass is 10.0. The van der Waals surface area contributed by atoms with Gasteiger partial charge in [0.2, 0.25) is 5.91 Å². The molecule has 0 bridgehead atoms. The van der Waals surface area contributed by atoms with Gasteiger partial charge in [-0.3, -0.25) is 19.3 Å². The third-order valence-electron chi connectivity index (χ3n) is 5.69. The number of hydrogen-bond acceptors (Lipinski definition) is 7. The Morgan fingerprint density at radius 1 is 1.06 bits per heavy atom. The second-order valence-corrected chi connectivity index (χ2v) is 9.08. The molecule has 1 saturated heterocycles. The zero-order valence-electron chi connectivity index (χ0n) is 19.2. The molecule has 0 atom stereocenters. The van der Waals surface area contributed by atoms with E-state index in [0.29, 0.717) is 40.1 Å². The van der Waals surface area contributed by atoms with Crippen molar-refractivity contribution in [3.63, 3.8) is 0 Å². The molecular weight excluding hydrogens is 468 g/mol. The van der Waals surface area contributed by atoms with Crippen molar-refractivity contribution in [2.24, 2.45) is 0 Å². The van der Waals surface area contributed by atoms with Crippen LogP contribution in [0.3, 0.4) is 0 Å². The van der Waals surface area contributed by atoms with Crippen LogP contribution in [-0.4, -0.2) is 34.5 Å². The first-order valence-corrected chi connectivity index (χ1v) is 11.5. The fraction of sp³-hybridized carbons (Fsp3) is 0.154. The van der Waals surface area contributed by atoms with Gasteiger partial charge in [0.15, 0.2) is 0 Å². The monoisotopic (exact) mass is 489 g/mol. The molecular formula is C26H21N2O6S-. The molecule has 35 heavy (non-hydrogen) atoms. The van der Waals surface area contributed by atoms with Crippen molar-refractivity contribution < 1.29 is 28.7 Å². The lowest BCUT2D eigenvalue weighted by Crippen LogP contribution is -2.36. The van der Waals surface area contributed by atoms with Gasteiger partial charge in [0, 0.05) is 22.9 Å². The maximum absolute atomic E-state index is 12.8. The summed E-state index contributed by atoms with van der Waals surface area (Å²) in [6.07, 6.45) is 1.42. The van der Waals surface area contributed by atoms with Crippen LogP contribution in [0, 0.1) is 20.8 Å². The molecule has 2 heterocycles. The number of aryl methyl sites for hydroxylation is 2. The number of amides is 3. The van der Waals surface area contributed by atoms with E-state index < -0.39 is 29.6 Å². The van der Waals surface area contributed by atoms with Crippen LogP contribution in [-0.2, 0) is 9.59 Å². The summed E-state index contributed by atoms with van der Waals surface area (Å²) in [5, 5.41) is 13.4. The number of carbonyl (C=O) groups excluding carboxylic acids is 4. The van der Waals surface area contributed by atoms with Gasteiger partial charge in [-0.05, 0) is 73.5 Å². The van der Waals surface area contributed by atoms with Crippen LogP contribution >= 0.6 is 11.8 Å². The fourth-order valence-corrected chi connectivity index (χ4v) is 4.45. The number of nitrogens with zero attached hydrogens (tertiary/aromatic N) is 1. The average molecular weight is 490 g/mol. The maximum atomic E-state index is 12.8. The molecule has 3 amide bonds. The molecule has 1 N–H and O–H groups in total. The Bertz CT molecular complexity index is 1400. The van der Waals surface area contributed by atoms with Gasteiger partial charge >= 0.3 is 0 Å². The molecule has 8 nitrogen and oxygen atoms in total. The Hall–Kier alpha value is -4.11. The smallest absolute Gasteiger partial charge is 0.294 e. The van der Waals surface area contributed by atoms with Crippen LogP contribution in [0.15, 0.2) is 57.9 Å². The number of carboxylic acid groups (broad SMARTS) is 1. The molecule has 0 unspecified atom stereocenters. The molecule has 1 aliphatic rings. The quantitative estimate of drug-likeness (QED) is 0.521. The number of carboxylic acids is 1. The first kappa shape index (κ1) is 24.0. The lowest BCUT2D eigenvalue weighted by molar-refractivity contribution is -0.255. The summed E-state index contributed by atoms with van der Waals surface area (Å²) in [6.45, 7) is 5.12. The van der Waals surface area contributed by atoms with E-state index in [1.165, 1.54) is 12.1 Å². The molecule has 1 aromatic heterocycles. The van der Waals surface area contributed by atoms with Crippen LogP contribution in [0.2, 0.25) is 0 Å². The van der Waals surface area contributed by atoms with Crippen molar-refractivity contribution in [3.8, 4) is 11.3 Å². The summed E-state index contributed by atoms with van der Waals surface area (Å²) in [5.41, 5.74) is 3.80. The second-order valence-electron chi connectivity index (χ2n) is 8.08. The highest BCUT2D eigenvalue weighted by atomic mass is 32.2. The molecule has 1 fully saturated rings. The Morgan fingerprint density at radius 3 is 2.54 bits per heavy atom. The van der Waals surface area contributed by atoms with Gasteiger partial charge in [-0.1, -0.05) is 24.3 Å². The number of aromatic carboxylic acids is 1. The lowest BCUT2D eigenvalue weighted by Gasteiger charge is -2.13. The van der Waals surface area contributed by atoms with Crippen molar-refractivity contribution in [1.82, 2.24) is 4.90 Å². The summed E-state index contributed by atoms with van der Waals surface area (Å²) in [5.74, 6) is -1.65. The summed E-state index contributed by atoms with van der Waals surface area (Å²) in [4.78, 5) is 49.9. The van der Waals surface area contributed by atoms with Crippen molar-refractivity contribution in [1.29, 1.82) is 0 Å². The minimum absolute atomic E-state index is 0.0562. The van der Waals surface area contributed by atoms with Crippen molar-refractivity contribution in [2.75, 3.05) is 11.9 Å². The molecule has 0 aliphatic carbocycles. The number of nitrogens with one attached hydrogen (secondary N) is 1. The largest absolute Gasteiger partial charge is 0.545 e. The van der Waals surface area contributed by atoms with E-state index in [-0.39, 0.29) is 10.5 Å². The number of furan rings is 1. The number of rotatable bonds is 6. The molecule has 2 aromatic carbocycles.